The van der Waals surface area contributed by atoms with Crippen LogP contribution in [0.4, 0.5) is 0 Å². The Hall–Kier alpha value is -2.61. The lowest BCUT2D eigenvalue weighted by molar-refractivity contribution is -0.154. The molecule has 1 unspecified atom stereocenters. The van der Waals surface area contributed by atoms with Gasteiger partial charge >= 0.3 is 5.97 Å². The van der Waals surface area contributed by atoms with E-state index in [4.69, 9.17) is 14.6 Å². The average molecular weight is 336 g/mol. The van der Waals surface area contributed by atoms with E-state index in [0.717, 1.165) is 0 Å². The van der Waals surface area contributed by atoms with E-state index in [2.05, 4.69) is 0 Å². The van der Waals surface area contributed by atoms with E-state index in [1.807, 2.05) is 0 Å². The molecule has 0 aromatic heterocycles. The molecule has 0 bridgehead atoms. The van der Waals surface area contributed by atoms with Crippen molar-refractivity contribution in [3.8, 4) is 5.75 Å². The van der Waals surface area contributed by atoms with Crippen LogP contribution in [-0.4, -0.2) is 79.2 Å². The van der Waals surface area contributed by atoms with Crippen molar-refractivity contribution in [1.29, 1.82) is 0 Å². The highest BCUT2D eigenvalue weighted by Crippen LogP contribution is 2.21. The third kappa shape index (κ3) is 4.23. The molecule has 0 spiro atoms. The lowest BCUT2D eigenvalue weighted by Gasteiger charge is -2.31. The first-order valence-electron chi connectivity index (χ1n) is 7.46. The molecule has 1 atom stereocenters. The number of morpholine rings is 1. The molecule has 1 aromatic carbocycles. The highest BCUT2D eigenvalue weighted by Gasteiger charge is 2.30. The molecule has 0 aliphatic carbocycles. The molecule has 1 fully saturated rings. The first-order valence-corrected chi connectivity index (χ1v) is 7.46. The van der Waals surface area contributed by atoms with Crippen molar-refractivity contribution >= 4 is 17.8 Å². The minimum atomic E-state index is -1.10. The molecule has 8 nitrogen and oxygen atoms in total. The highest BCUT2D eigenvalue weighted by molar-refractivity contribution is 5.97. The van der Waals surface area contributed by atoms with Gasteiger partial charge in [0.25, 0.3) is 11.8 Å². The lowest BCUT2D eigenvalue weighted by Crippen LogP contribution is -2.48. The number of para-hydroxylation sites is 1. The Morgan fingerprint density at radius 3 is 2.71 bits per heavy atom. The zero-order valence-electron chi connectivity index (χ0n) is 13.6. The number of amides is 2. The van der Waals surface area contributed by atoms with Crippen molar-refractivity contribution in [3.63, 3.8) is 0 Å². The standard InChI is InChI=1S/C16H20N2O6/c1-17(2)14(19)10-24-12-6-4-3-5-11(12)15(20)18-7-8-23-13(9-18)16(21)22/h3-6,13H,7-10H2,1-2H3,(H,21,22). The summed E-state index contributed by atoms with van der Waals surface area (Å²) in [6.45, 7) is 0.246. The molecule has 1 heterocycles. The van der Waals surface area contributed by atoms with Crippen molar-refractivity contribution in [3.05, 3.63) is 29.8 Å². The van der Waals surface area contributed by atoms with Crippen molar-refractivity contribution in [2.75, 3.05) is 40.4 Å². The molecule has 130 valence electrons. The maximum atomic E-state index is 12.7. The monoisotopic (exact) mass is 336 g/mol. The number of carboxylic acid groups (broad SMARTS) is 1. The number of carbonyl (C=O) groups excluding carboxylic acids is 2. The predicted molar refractivity (Wildman–Crippen MR) is 83.9 cm³/mol. The van der Waals surface area contributed by atoms with Gasteiger partial charge in [-0.2, -0.15) is 0 Å². The first kappa shape index (κ1) is 17.7. The van der Waals surface area contributed by atoms with Gasteiger partial charge in [0.2, 0.25) is 0 Å². The molecule has 2 amide bonds. The molecular weight excluding hydrogens is 316 g/mol. The molecule has 2 rings (SSSR count). The molecule has 1 aliphatic rings. The maximum absolute atomic E-state index is 12.7. The fourth-order valence-corrected chi connectivity index (χ4v) is 2.19. The van der Waals surface area contributed by atoms with Gasteiger partial charge in [-0.25, -0.2) is 4.79 Å². The Bertz CT molecular complexity index is 631. The second-order valence-corrected chi connectivity index (χ2v) is 5.52. The number of hydrogen-bond donors (Lipinski definition) is 1. The number of hydrogen-bond acceptors (Lipinski definition) is 5. The molecular formula is C16H20N2O6. The summed E-state index contributed by atoms with van der Waals surface area (Å²) < 4.78 is 10.6. The number of benzene rings is 1. The Morgan fingerprint density at radius 1 is 1.33 bits per heavy atom. The minimum absolute atomic E-state index is 0.0286. The molecule has 1 aliphatic heterocycles. The third-order valence-electron chi connectivity index (χ3n) is 3.60. The van der Waals surface area contributed by atoms with Gasteiger partial charge < -0.3 is 24.4 Å². The van der Waals surface area contributed by atoms with Crippen LogP contribution in [0.25, 0.3) is 0 Å². The molecule has 8 heteroatoms. The van der Waals surface area contributed by atoms with Gasteiger partial charge in [-0.3, -0.25) is 9.59 Å². The van der Waals surface area contributed by atoms with Gasteiger partial charge in [0.15, 0.2) is 12.7 Å². The van der Waals surface area contributed by atoms with E-state index < -0.39 is 12.1 Å². The minimum Gasteiger partial charge on any atom is -0.483 e. The molecule has 1 saturated heterocycles. The van der Waals surface area contributed by atoms with Crippen LogP contribution in [0.3, 0.4) is 0 Å². The second kappa shape index (κ2) is 7.78. The zero-order chi connectivity index (χ0) is 17.7. The van der Waals surface area contributed by atoms with E-state index in [-0.39, 0.29) is 42.9 Å². The summed E-state index contributed by atoms with van der Waals surface area (Å²) in [5, 5.41) is 9.03. The normalized spacial score (nSPS) is 17.2. The SMILES string of the molecule is CN(C)C(=O)COc1ccccc1C(=O)N1CCOC(C(=O)O)C1. The number of carboxylic acids is 1. The van der Waals surface area contributed by atoms with Crippen molar-refractivity contribution in [2.45, 2.75) is 6.10 Å². The lowest BCUT2D eigenvalue weighted by atomic mass is 10.1. The van der Waals surface area contributed by atoms with Crippen molar-refractivity contribution < 1.29 is 29.0 Å². The number of aliphatic carboxylic acids is 1. The fraction of sp³-hybridized carbons (Fsp3) is 0.438. The Labute approximate surface area is 139 Å². The van der Waals surface area contributed by atoms with Crippen LogP contribution in [0.1, 0.15) is 10.4 Å². The molecule has 1 aromatic rings. The van der Waals surface area contributed by atoms with Gasteiger partial charge in [0.1, 0.15) is 5.75 Å². The summed E-state index contributed by atoms with van der Waals surface area (Å²) in [5.74, 6) is -1.39. The number of likely N-dealkylation sites (N-methyl/N-ethyl adjacent to an activating group) is 1. The first-order chi connectivity index (χ1) is 11.4. The Balaban J connectivity index is 2.11. The van der Waals surface area contributed by atoms with Gasteiger partial charge in [0.05, 0.1) is 18.7 Å². The highest BCUT2D eigenvalue weighted by atomic mass is 16.5. The van der Waals surface area contributed by atoms with E-state index in [1.165, 1.54) is 9.80 Å². The van der Waals surface area contributed by atoms with Crippen LogP contribution < -0.4 is 4.74 Å². The van der Waals surface area contributed by atoms with Crippen LogP contribution >= 0.6 is 0 Å². The van der Waals surface area contributed by atoms with E-state index >= 15 is 0 Å². The maximum Gasteiger partial charge on any atom is 0.334 e. The van der Waals surface area contributed by atoms with E-state index in [0.29, 0.717) is 6.54 Å². The Kier molecular flexibility index (Phi) is 5.75. The number of rotatable bonds is 5. The summed E-state index contributed by atoms with van der Waals surface area (Å²) in [6, 6.07) is 6.57. The fourth-order valence-electron chi connectivity index (χ4n) is 2.19. The Morgan fingerprint density at radius 2 is 2.04 bits per heavy atom. The largest absolute Gasteiger partial charge is 0.483 e. The summed E-state index contributed by atoms with van der Waals surface area (Å²) >= 11 is 0. The third-order valence-corrected chi connectivity index (χ3v) is 3.60. The van der Waals surface area contributed by atoms with Crippen molar-refractivity contribution in [1.82, 2.24) is 9.80 Å². The number of ether oxygens (including phenoxy) is 2. The van der Waals surface area contributed by atoms with Crippen LogP contribution in [0.15, 0.2) is 24.3 Å². The molecule has 0 radical (unpaired) electrons. The van der Waals surface area contributed by atoms with Crippen molar-refractivity contribution in [2.24, 2.45) is 0 Å². The molecule has 0 saturated carbocycles. The van der Waals surface area contributed by atoms with Gasteiger partial charge in [-0.15, -0.1) is 0 Å². The molecule has 24 heavy (non-hydrogen) atoms. The predicted octanol–water partition coefficient (Wildman–Crippen LogP) is 0.0792. The van der Waals surface area contributed by atoms with E-state index in [9.17, 15) is 14.4 Å². The smallest absolute Gasteiger partial charge is 0.334 e. The number of nitrogens with zero attached hydrogens (tertiary/aromatic N) is 2. The second-order valence-electron chi connectivity index (χ2n) is 5.52. The number of carbonyl (C=O) groups is 3. The zero-order valence-corrected chi connectivity index (χ0v) is 13.6. The van der Waals surface area contributed by atoms with Crippen LogP contribution in [0.2, 0.25) is 0 Å². The average Bonchev–Trinajstić information content (AvgIpc) is 2.59. The van der Waals surface area contributed by atoms with Crippen LogP contribution in [0, 0.1) is 0 Å². The summed E-state index contributed by atoms with van der Waals surface area (Å²) in [6.07, 6.45) is -1.04. The summed E-state index contributed by atoms with van der Waals surface area (Å²) in [5.41, 5.74) is 0.287. The summed E-state index contributed by atoms with van der Waals surface area (Å²) in [4.78, 5) is 38.2. The quantitative estimate of drug-likeness (QED) is 0.818. The van der Waals surface area contributed by atoms with Crippen LogP contribution in [0.5, 0.6) is 5.75 Å². The molecule has 1 N–H and O–H groups in total. The van der Waals surface area contributed by atoms with E-state index in [1.54, 1.807) is 38.4 Å². The van der Waals surface area contributed by atoms with Crippen LogP contribution in [-0.2, 0) is 14.3 Å². The van der Waals surface area contributed by atoms with Gasteiger partial charge in [0, 0.05) is 20.6 Å². The van der Waals surface area contributed by atoms with Gasteiger partial charge in [-0.1, -0.05) is 12.1 Å². The van der Waals surface area contributed by atoms with Gasteiger partial charge in [-0.05, 0) is 12.1 Å². The summed E-state index contributed by atoms with van der Waals surface area (Å²) in [7, 11) is 3.23. The topological polar surface area (TPSA) is 96.4 Å².